The Bertz CT molecular complexity index is 366. The van der Waals surface area contributed by atoms with E-state index in [0.717, 1.165) is 5.56 Å². The number of nitrogens with two attached hydrogens (primary N) is 1. The second-order valence-electron chi connectivity index (χ2n) is 4.19. The fourth-order valence-electron chi connectivity index (χ4n) is 1.57. The van der Waals surface area contributed by atoms with Crippen molar-refractivity contribution in [1.29, 1.82) is 0 Å². The second-order valence-corrected chi connectivity index (χ2v) is 5.00. The molecule has 1 atom stereocenters. The summed E-state index contributed by atoms with van der Waals surface area (Å²) < 4.78 is 5.61. The summed E-state index contributed by atoms with van der Waals surface area (Å²) in [7, 11) is 0. The molecule has 2 nitrogen and oxygen atoms in total. The maximum atomic E-state index is 6.15. The van der Waals surface area contributed by atoms with Crippen molar-refractivity contribution in [3.05, 3.63) is 33.8 Å². The average molecular weight is 262 g/mol. The van der Waals surface area contributed by atoms with Gasteiger partial charge in [-0.1, -0.05) is 29.3 Å². The van der Waals surface area contributed by atoms with Crippen LogP contribution >= 0.6 is 23.2 Å². The normalized spacial score (nSPS) is 13.9. The SMILES string of the molecule is CCOC(C)(C)C(N)c1ccc(Cl)c(Cl)c1. The van der Waals surface area contributed by atoms with E-state index in [0.29, 0.717) is 16.7 Å². The molecule has 1 aromatic rings. The number of ether oxygens (including phenoxy) is 1. The van der Waals surface area contributed by atoms with Crippen molar-refractivity contribution in [3.8, 4) is 0 Å². The monoisotopic (exact) mass is 261 g/mol. The number of rotatable bonds is 4. The smallest absolute Gasteiger partial charge is 0.0818 e. The first kappa shape index (κ1) is 13.8. The van der Waals surface area contributed by atoms with E-state index in [1.54, 1.807) is 12.1 Å². The van der Waals surface area contributed by atoms with Gasteiger partial charge in [-0.25, -0.2) is 0 Å². The summed E-state index contributed by atoms with van der Waals surface area (Å²) in [5.74, 6) is 0. The van der Waals surface area contributed by atoms with E-state index in [9.17, 15) is 0 Å². The molecule has 4 heteroatoms. The predicted molar refractivity (Wildman–Crippen MR) is 69.1 cm³/mol. The molecule has 2 N–H and O–H groups in total. The highest BCUT2D eigenvalue weighted by Gasteiger charge is 2.28. The number of halogens is 2. The van der Waals surface area contributed by atoms with E-state index in [-0.39, 0.29) is 6.04 Å². The third-order valence-corrected chi connectivity index (χ3v) is 3.31. The lowest BCUT2D eigenvalue weighted by Crippen LogP contribution is -2.38. The van der Waals surface area contributed by atoms with E-state index in [4.69, 9.17) is 33.7 Å². The third-order valence-electron chi connectivity index (χ3n) is 2.57. The summed E-state index contributed by atoms with van der Waals surface area (Å²) in [5.41, 5.74) is 6.65. The van der Waals surface area contributed by atoms with Crippen molar-refractivity contribution in [2.24, 2.45) is 5.73 Å². The Morgan fingerprint density at radius 1 is 1.31 bits per heavy atom. The van der Waals surface area contributed by atoms with Crippen molar-refractivity contribution in [1.82, 2.24) is 0 Å². The predicted octanol–water partition coefficient (Wildman–Crippen LogP) is 3.81. The van der Waals surface area contributed by atoms with E-state index in [2.05, 4.69) is 0 Å². The van der Waals surface area contributed by atoms with E-state index in [1.807, 2.05) is 26.8 Å². The summed E-state index contributed by atoms with van der Waals surface area (Å²) in [6, 6.07) is 5.18. The van der Waals surface area contributed by atoms with Gasteiger partial charge in [-0.2, -0.15) is 0 Å². The maximum Gasteiger partial charge on any atom is 0.0818 e. The Hall–Kier alpha value is -0.280. The molecule has 0 radical (unpaired) electrons. The van der Waals surface area contributed by atoms with Gasteiger partial charge in [0.15, 0.2) is 0 Å². The Morgan fingerprint density at radius 2 is 1.94 bits per heavy atom. The lowest BCUT2D eigenvalue weighted by Gasteiger charge is -2.31. The molecule has 1 unspecified atom stereocenters. The highest BCUT2D eigenvalue weighted by atomic mass is 35.5. The molecule has 0 aliphatic heterocycles. The molecule has 0 aromatic heterocycles. The van der Waals surface area contributed by atoms with Crippen LogP contribution in [0.15, 0.2) is 18.2 Å². The van der Waals surface area contributed by atoms with Crippen LogP contribution in [0.3, 0.4) is 0 Å². The lowest BCUT2D eigenvalue weighted by molar-refractivity contribution is -0.0297. The Kier molecular flexibility index (Phi) is 4.62. The van der Waals surface area contributed by atoms with Crippen LogP contribution in [-0.2, 0) is 4.74 Å². The van der Waals surface area contributed by atoms with Crippen LogP contribution < -0.4 is 5.73 Å². The van der Waals surface area contributed by atoms with Crippen LogP contribution in [0.5, 0.6) is 0 Å². The lowest BCUT2D eigenvalue weighted by atomic mass is 9.92. The zero-order valence-electron chi connectivity index (χ0n) is 9.76. The first-order valence-corrected chi connectivity index (χ1v) is 5.98. The van der Waals surface area contributed by atoms with Gasteiger partial charge < -0.3 is 10.5 Å². The Labute approximate surface area is 107 Å². The van der Waals surface area contributed by atoms with Crippen LogP contribution in [0.2, 0.25) is 10.0 Å². The summed E-state index contributed by atoms with van der Waals surface area (Å²) in [6.45, 7) is 6.50. The van der Waals surface area contributed by atoms with Crippen molar-refractivity contribution < 1.29 is 4.74 Å². The Balaban J connectivity index is 2.95. The summed E-state index contributed by atoms with van der Waals surface area (Å²) in [5, 5.41) is 1.05. The number of hydrogen-bond donors (Lipinski definition) is 1. The fraction of sp³-hybridized carbons (Fsp3) is 0.500. The molecule has 0 aliphatic rings. The van der Waals surface area contributed by atoms with Gasteiger partial charge in [0.05, 0.1) is 21.7 Å². The van der Waals surface area contributed by atoms with Gasteiger partial charge in [0.25, 0.3) is 0 Å². The van der Waals surface area contributed by atoms with E-state index >= 15 is 0 Å². The molecule has 90 valence electrons. The van der Waals surface area contributed by atoms with Gasteiger partial charge in [-0.05, 0) is 38.5 Å². The molecule has 1 rings (SSSR count). The molecule has 0 spiro atoms. The number of benzene rings is 1. The molecule has 0 heterocycles. The van der Waals surface area contributed by atoms with Crippen LogP contribution in [0.4, 0.5) is 0 Å². The topological polar surface area (TPSA) is 35.2 Å². The van der Waals surface area contributed by atoms with Crippen molar-refractivity contribution in [2.75, 3.05) is 6.61 Å². The maximum absolute atomic E-state index is 6.15. The number of hydrogen-bond acceptors (Lipinski definition) is 2. The van der Waals surface area contributed by atoms with Crippen LogP contribution in [0.25, 0.3) is 0 Å². The molecular weight excluding hydrogens is 245 g/mol. The van der Waals surface area contributed by atoms with Gasteiger partial charge in [-0.15, -0.1) is 0 Å². The quantitative estimate of drug-likeness (QED) is 0.895. The molecule has 0 bridgehead atoms. The van der Waals surface area contributed by atoms with E-state index < -0.39 is 5.60 Å². The third kappa shape index (κ3) is 3.11. The van der Waals surface area contributed by atoms with Gasteiger partial charge in [-0.3, -0.25) is 0 Å². The molecular formula is C12H17Cl2NO. The largest absolute Gasteiger partial charge is 0.374 e. The van der Waals surface area contributed by atoms with Crippen LogP contribution in [0.1, 0.15) is 32.4 Å². The summed E-state index contributed by atoms with van der Waals surface area (Å²) in [4.78, 5) is 0. The van der Waals surface area contributed by atoms with Gasteiger partial charge in [0.1, 0.15) is 0 Å². The minimum atomic E-state index is -0.425. The summed E-state index contributed by atoms with van der Waals surface area (Å²) in [6.07, 6.45) is 0. The highest BCUT2D eigenvalue weighted by Crippen LogP contribution is 2.30. The Morgan fingerprint density at radius 3 is 2.44 bits per heavy atom. The standard InChI is InChI=1S/C12H17Cl2NO/c1-4-16-12(2,3)11(15)8-5-6-9(13)10(14)7-8/h5-7,11H,4,15H2,1-3H3. The average Bonchev–Trinajstić information content (AvgIpc) is 2.21. The van der Waals surface area contributed by atoms with Gasteiger partial charge in [0.2, 0.25) is 0 Å². The van der Waals surface area contributed by atoms with Crippen molar-refractivity contribution in [3.63, 3.8) is 0 Å². The molecule has 0 saturated carbocycles. The minimum Gasteiger partial charge on any atom is -0.374 e. The fourth-order valence-corrected chi connectivity index (χ4v) is 1.88. The van der Waals surface area contributed by atoms with Crippen LogP contribution in [0, 0.1) is 0 Å². The molecule has 0 aliphatic carbocycles. The molecule has 0 saturated heterocycles. The minimum absolute atomic E-state index is 0.234. The zero-order chi connectivity index (χ0) is 12.3. The first-order chi connectivity index (χ1) is 7.38. The van der Waals surface area contributed by atoms with Gasteiger partial charge in [0, 0.05) is 6.61 Å². The highest BCUT2D eigenvalue weighted by molar-refractivity contribution is 6.42. The second kappa shape index (κ2) is 5.37. The summed E-state index contributed by atoms with van der Waals surface area (Å²) >= 11 is 11.8. The molecule has 16 heavy (non-hydrogen) atoms. The molecule has 0 fully saturated rings. The molecule has 1 aromatic carbocycles. The van der Waals surface area contributed by atoms with Gasteiger partial charge >= 0.3 is 0 Å². The molecule has 0 amide bonds. The van der Waals surface area contributed by atoms with Crippen LogP contribution in [-0.4, -0.2) is 12.2 Å². The van der Waals surface area contributed by atoms with Crippen molar-refractivity contribution in [2.45, 2.75) is 32.4 Å². The van der Waals surface area contributed by atoms with Crippen molar-refractivity contribution >= 4 is 23.2 Å². The van der Waals surface area contributed by atoms with E-state index in [1.165, 1.54) is 0 Å². The zero-order valence-corrected chi connectivity index (χ0v) is 11.3. The first-order valence-electron chi connectivity index (χ1n) is 5.23.